The van der Waals surface area contributed by atoms with Crippen molar-refractivity contribution in [2.24, 2.45) is 11.1 Å². The van der Waals surface area contributed by atoms with E-state index in [1.54, 1.807) is 7.11 Å². The molecule has 2 heterocycles. The summed E-state index contributed by atoms with van der Waals surface area (Å²) in [7, 11) is 3.80. The molecule has 0 saturated carbocycles. The van der Waals surface area contributed by atoms with Gasteiger partial charge >= 0.3 is 0 Å². The van der Waals surface area contributed by atoms with E-state index in [4.69, 9.17) is 14.2 Å². The number of rotatable bonds is 8. The molecule has 0 aliphatic carbocycles. The third kappa shape index (κ3) is 5.24. The minimum absolute atomic E-state index is 0.0417. The molecule has 0 radical (unpaired) electrons. The lowest BCUT2D eigenvalue weighted by Gasteiger charge is -2.36. The lowest BCUT2D eigenvalue weighted by atomic mass is 9.84. The van der Waals surface area contributed by atoms with Crippen molar-refractivity contribution in [3.8, 4) is 17.2 Å². The van der Waals surface area contributed by atoms with Crippen LogP contribution < -0.4 is 14.2 Å². The molecule has 1 aromatic carbocycles. The Morgan fingerprint density at radius 1 is 1.23 bits per heavy atom. The van der Waals surface area contributed by atoms with Crippen molar-refractivity contribution in [1.82, 2.24) is 4.90 Å². The summed E-state index contributed by atoms with van der Waals surface area (Å²) in [5.41, 5.74) is 5.69. The third-order valence-electron chi connectivity index (χ3n) is 6.17. The number of ether oxygens (including phenoxy) is 3. The highest BCUT2D eigenvalue weighted by molar-refractivity contribution is 5.87. The first-order valence-corrected chi connectivity index (χ1v) is 11.0. The van der Waals surface area contributed by atoms with Crippen molar-refractivity contribution < 1.29 is 19.4 Å². The molecule has 0 fully saturated rings. The van der Waals surface area contributed by atoms with Crippen molar-refractivity contribution in [2.45, 2.75) is 59.4 Å². The maximum Gasteiger partial charge on any atom is 0.231 e. The molecule has 0 bridgehead atoms. The molecule has 0 spiro atoms. The lowest BCUT2D eigenvalue weighted by molar-refractivity contribution is 0.170. The Kier molecular flexibility index (Phi) is 7.65. The first-order chi connectivity index (χ1) is 14.8. The van der Waals surface area contributed by atoms with Crippen LogP contribution in [0.1, 0.15) is 64.1 Å². The molecule has 6 nitrogen and oxygen atoms in total. The summed E-state index contributed by atoms with van der Waals surface area (Å²) in [5.74, 6) is 2.31. The van der Waals surface area contributed by atoms with Crippen molar-refractivity contribution in [3.05, 3.63) is 40.5 Å². The van der Waals surface area contributed by atoms with Crippen molar-refractivity contribution >= 4 is 5.71 Å². The maximum atomic E-state index is 10.0. The molecule has 6 heteroatoms. The van der Waals surface area contributed by atoms with Gasteiger partial charge in [-0.1, -0.05) is 28.5 Å². The fourth-order valence-electron chi connectivity index (χ4n) is 4.39. The Morgan fingerprint density at radius 3 is 2.48 bits per heavy atom. The van der Waals surface area contributed by atoms with Gasteiger partial charge in [-0.2, -0.15) is 0 Å². The van der Waals surface area contributed by atoms with Gasteiger partial charge in [0.15, 0.2) is 11.5 Å². The Labute approximate surface area is 186 Å². The molecule has 1 aromatic rings. The van der Waals surface area contributed by atoms with E-state index in [-0.39, 0.29) is 18.8 Å². The molecule has 3 rings (SSSR count). The van der Waals surface area contributed by atoms with Crippen LogP contribution in [0.2, 0.25) is 0 Å². The predicted molar refractivity (Wildman–Crippen MR) is 124 cm³/mol. The van der Waals surface area contributed by atoms with Crippen LogP contribution in [-0.4, -0.2) is 43.3 Å². The van der Waals surface area contributed by atoms with Crippen LogP contribution in [-0.2, 0) is 6.42 Å². The van der Waals surface area contributed by atoms with Gasteiger partial charge in [0.1, 0.15) is 0 Å². The van der Waals surface area contributed by atoms with Crippen LogP contribution in [0.4, 0.5) is 0 Å². The van der Waals surface area contributed by atoms with E-state index in [2.05, 4.69) is 63.0 Å². The Morgan fingerprint density at radius 2 is 1.90 bits per heavy atom. The number of allylic oxidation sites excluding steroid dienone is 4. The van der Waals surface area contributed by atoms with Gasteiger partial charge in [-0.25, -0.2) is 0 Å². The lowest BCUT2D eigenvalue weighted by Crippen LogP contribution is -2.35. The standard InChI is InChI=1S/C25H36N2O4/c1-16(2)7-9-18(10-8-17(3)4)20(26-28)14-21-23-19(11-12-27(21)5)13-22-24(25(23)29-6)31-15-30-22/h7-8,13,18,21,28H,9-12,14-15H2,1-6H3/t21-/m1/s1. The van der Waals surface area contributed by atoms with Gasteiger partial charge in [0.2, 0.25) is 12.5 Å². The second-order valence-corrected chi connectivity index (χ2v) is 8.99. The van der Waals surface area contributed by atoms with Crippen LogP contribution in [0.15, 0.2) is 34.5 Å². The average molecular weight is 429 g/mol. The molecule has 2 aliphatic heterocycles. The summed E-state index contributed by atoms with van der Waals surface area (Å²) in [6.45, 7) is 9.55. The van der Waals surface area contributed by atoms with Gasteiger partial charge < -0.3 is 19.4 Å². The van der Waals surface area contributed by atoms with Crippen LogP contribution in [0, 0.1) is 5.92 Å². The minimum Gasteiger partial charge on any atom is -0.492 e. The van der Waals surface area contributed by atoms with Crippen molar-refractivity contribution in [1.29, 1.82) is 0 Å². The molecule has 1 N–H and O–H groups in total. The van der Waals surface area contributed by atoms with E-state index >= 15 is 0 Å². The summed E-state index contributed by atoms with van der Waals surface area (Å²) in [5, 5.41) is 13.8. The molecule has 0 saturated heterocycles. The van der Waals surface area contributed by atoms with E-state index in [1.165, 1.54) is 16.7 Å². The average Bonchev–Trinajstić information content (AvgIpc) is 3.20. The predicted octanol–water partition coefficient (Wildman–Crippen LogP) is 5.50. The molecule has 2 aliphatic rings. The van der Waals surface area contributed by atoms with Gasteiger partial charge in [-0.15, -0.1) is 0 Å². The van der Waals surface area contributed by atoms with Gasteiger partial charge in [0, 0.05) is 30.5 Å². The van der Waals surface area contributed by atoms with Crippen LogP contribution in [0.5, 0.6) is 17.2 Å². The zero-order chi connectivity index (χ0) is 22.5. The monoisotopic (exact) mass is 428 g/mol. The second kappa shape index (κ2) is 10.2. The third-order valence-corrected chi connectivity index (χ3v) is 6.17. The number of hydrogen-bond acceptors (Lipinski definition) is 6. The van der Waals surface area contributed by atoms with E-state index in [0.717, 1.165) is 48.6 Å². The second-order valence-electron chi connectivity index (χ2n) is 8.99. The fourth-order valence-corrected chi connectivity index (χ4v) is 4.39. The van der Waals surface area contributed by atoms with Gasteiger partial charge in [0.05, 0.1) is 12.8 Å². The van der Waals surface area contributed by atoms with Crippen LogP contribution in [0.3, 0.4) is 0 Å². The summed E-state index contributed by atoms with van der Waals surface area (Å²) < 4.78 is 17.2. The summed E-state index contributed by atoms with van der Waals surface area (Å²) in [6.07, 6.45) is 7.71. The topological polar surface area (TPSA) is 63.5 Å². The summed E-state index contributed by atoms with van der Waals surface area (Å²) >= 11 is 0. The number of nitrogens with zero attached hydrogens (tertiary/aromatic N) is 2. The molecular formula is C25H36N2O4. The largest absolute Gasteiger partial charge is 0.492 e. The number of benzene rings is 1. The Hall–Kier alpha value is -2.47. The fraction of sp³-hybridized carbons (Fsp3) is 0.560. The highest BCUT2D eigenvalue weighted by Crippen LogP contribution is 2.50. The van der Waals surface area contributed by atoms with Crippen LogP contribution >= 0.6 is 0 Å². The number of fused-ring (bicyclic) bond motifs is 2. The SMILES string of the molecule is COc1c2c(cc3c1[C@@H](CC(=NO)C(CC=C(C)C)CC=C(C)C)N(C)CC3)OCO2. The normalized spacial score (nSPS) is 18.0. The molecule has 0 amide bonds. The van der Waals surface area contributed by atoms with E-state index in [1.807, 2.05) is 0 Å². The Balaban J connectivity index is 1.96. The highest BCUT2D eigenvalue weighted by Gasteiger charge is 2.35. The first-order valence-electron chi connectivity index (χ1n) is 11.0. The zero-order valence-corrected chi connectivity index (χ0v) is 19.7. The minimum atomic E-state index is 0.0417. The van der Waals surface area contributed by atoms with Gasteiger partial charge in [-0.3, -0.25) is 4.90 Å². The van der Waals surface area contributed by atoms with Crippen molar-refractivity contribution in [3.63, 3.8) is 0 Å². The smallest absolute Gasteiger partial charge is 0.231 e. The van der Waals surface area contributed by atoms with E-state index < -0.39 is 0 Å². The Bertz CT molecular complexity index is 860. The summed E-state index contributed by atoms with van der Waals surface area (Å²) in [4.78, 5) is 2.32. The van der Waals surface area contributed by atoms with Gasteiger partial charge in [0.25, 0.3) is 0 Å². The quantitative estimate of drug-likeness (QED) is 0.256. The zero-order valence-electron chi connectivity index (χ0n) is 19.7. The molecular weight excluding hydrogens is 392 g/mol. The van der Waals surface area contributed by atoms with Crippen LogP contribution in [0.25, 0.3) is 0 Å². The van der Waals surface area contributed by atoms with E-state index in [0.29, 0.717) is 12.2 Å². The van der Waals surface area contributed by atoms with Gasteiger partial charge in [-0.05, 0) is 65.6 Å². The summed E-state index contributed by atoms with van der Waals surface area (Å²) in [6, 6.07) is 2.12. The molecule has 170 valence electrons. The van der Waals surface area contributed by atoms with E-state index in [9.17, 15) is 5.21 Å². The number of methoxy groups -OCH3 is 1. The highest BCUT2D eigenvalue weighted by atomic mass is 16.7. The maximum absolute atomic E-state index is 10.0. The molecule has 0 aromatic heterocycles. The molecule has 31 heavy (non-hydrogen) atoms. The number of likely N-dealkylation sites (N-methyl/N-ethyl adjacent to an activating group) is 1. The number of oxime groups is 1. The molecule has 0 unspecified atom stereocenters. The first kappa shape index (κ1) is 23.2. The number of hydrogen-bond donors (Lipinski definition) is 1. The molecule has 1 atom stereocenters. The van der Waals surface area contributed by atoms with Crippen molar-refractivity contribution in [2.75, 3.05) is 27.5 Å².